The quantitative estimate of drug-likeness (QED) is 0.321. The molecule has 8 heteroatoms. The Labute approximate surface area is 122 Å². The normalized spacial score (nSPS) is 10.2. The van der Waals surface area contributed by atoms with Gasteiger partial charge in [-0.25, -0.2) is 4.79 Å². The van der Waals surface area contributed by atoms with Gasteiger partial charge in [0, 0.05) is 0 Å². The molecular formula is C13H18N4O4. The van der Waals surface area contributed by atoms with Crippen LogP contribution < -0.4 is 20.9 Å². The number of rotatable bonds is 7. The van der Waals surface area contributed by atoms with E-state index in [0.29, 0.717) is 23.7 Å². The molecule has 0 aromatic heterocycles. The van der Waals surface area contributed by atoms with Crippen LogP contribution in [-0.2, 0) is 9.53 Å². The highest BCUT2D eigenvalue weighted by Gasteiger charge is 2.08. The fraction of sp³-hybridized carbons (Fsp3) is 0.308. The number of nitrogens with two attached hydrogens (primary N) is 2. The van der Waals surface area contributed by atoms with Crippen LogP contribution in [0.3, 0.4) is 0 Å². The molecule has 0 aliphatic heterocycles. The summed E-state index contributed by atoms with van der Waals surface area (Å²) in [5.41, 5.74) is 11.0. The lowest BCUT2D eigenvalue weighted by Crippen LogP contribution is -2.21. The zero-order valence-corrected chi connectivity index (χ0v) is 11.9. The molecule has 0 spiro atoms. The van der Waals surface area contributed by atoms with Gasteiger partial charge in [0.05, 0.1) is 19.9 Å². The van der Waals surface area contributed by atoms with Crippen molar-refractivity contribution in [3.05, 3.63) is 23.8 Å². The van der Waals surface area contributed by atoms with Crippen molar-refractivity contribution in [3.63, 3.8) is 0 Å². The van der Waals surface area contributed by atoms with E-state index in [2.05, 4.69) is 14.9 Å². The van der Waals surface area contributed by atoms with Crippen LogP contribution in [0, 0.1) is 0 Å². The number of benzene rings is 1. The maximum absolute atomic E-state index is 11.1. The molecule has 0 fully saturated rings. The molecule has 0 amide bonds. The molecule has 0 unspecified atom stereocenters. The Morgan fingerprint density at radius 3 is 2.67 bits per heavy atom. The van der Waals surface area contributed by atoms with Gasteiger partial charge in [-0.15, -0.1) is 5.10 Å². The number of carbonyl (C=O) groups excluding carboxylic acids is 1. The minimum atomic E-state index is -0.476. The highest BCUT2D eigenvalue weighted by atomic mass is 16.6. The number of methoxy groups -OCH3 is 1. The highest BCUT2D eigenvalue weighted by Crippen LogP contribution is 2.28. The third-order valence-electron chi connectivity index (χ3n) is 2.22. The van der Waals surface area contributed by atoms with E-state index in [-0.39, 0.29) is 12.6 Å². The molecule has 0 radical (unpaired) electrons. The maximum atomic E-state index is 11.1. The van der Waals surface area contributed by atoms with E-state index in [9.17, 15) is 4.79 Å². The summed E-state index contributed by atoms with van der Waals surface area (Å²) in [4.78, 5) is 11.1. The number of hydrogen-bond acceptors (Lipinski definition) is 6. The van der Waals surface area contributed by atoms with Crippen molar-refractivity contribution in [2.45, 2.75) is 6.92 Å². The third-order valence-corrected chi connectivity index (χ3v) is 2.22. The molecule has 4 N–H and O–H groups in total. The van der Waals surface area contributed by atoms with E-state index in [1.807, 2.05) is 6.92 Å². The van der Waals surface area contributed by atoms with Gasteiger partial charge in [0.15, 0.2) is 18.1 Å². The molecule has 0 aliphatic rings. The molecule has 0 aliphatic carbocycles. The van der Waals surface area contributed by atoms with Crippen molar-refractivity contribution >= 4 is 18.1 Å². The standard InChI is InChI=1S/C13H18N4O4/c1-3-20-11-6-9(7-16-17-13(14)15)4-5-10(11)21-8-12(18)19-2/h4-7H,3,8H2,1-2H3,(H4,14,15,17). The molecule has 1 rings (SSSR count). The van der Waals surface area contributed by atoms with Gasteiger partial charge >= 0.3 is 5.97 Å². The monoisotopic (exact) mass is 294 g/mol. The van der Waals surface area contributed by atoms with E-state index in [1.54, 1.807) is 18.2 Å². The van der Waals surface area contributed by atoms with E-state index < -0.39 is 5.97 Å². The summed E-state index contributed by atoms with van der Waals surface area (Å²) in [6, 6.07) is 5.08. The van der Waals surface area contributed by atoms with Crippen molar-refractivity contribution in [2.24, 2.45) is 21.7 Å². The zero-order valence-electron chi connectivity index (χ0n) is 11.9. The number of guanidine groups is 1. The Morgan fingerprint density at radius 2 is 2.05 bits per heavy atom. The van der Waals surface area contributed by atoms with Crippen LogP contribution in [-0.4, -0.2) is 38.5 Å². The average molecular weight is 294 g/mol. The largest absolute Gasteiger partial charge is 0.490 e. The minimum Gasteiger partial charge on any atom is -0.490 e. The van der Waals surface area contributed by atoms with Crippen LogP contribution in [0.5, 0.6) is 11.5 Å². The van der Waals surface area contributed by atoms with Crippen LogP contribution in [0.2, 0.25) is 0 Å². The smallest absolute Gasteiger partial charge is 0.343 e. The fourth-order valence-electron chi connectivity index (χ4n) is 1.35. The number of hydrogen-bond donors (Lipinski definition) is 2. The fourth-order valence-corrected chi connectivity index (χ4v) is 1.35. The summed E-state index contributed by atoms with van der Waals surface area (Å²) in [5.74, 6) is 0.307. The SMILES string of the molecule is CCOc1cc(C=NN=C(N)N)ccc1OCC(=O)OC. The number of carbonyl (C=O) groups is 1. The van der Waals surface area contributed by atoms with Gasteiger partial charge in [-0.05, 0) is 30.7 Å². The second-order valence-electron chi connectivity index (χ2n) is 3.77. The lowest BCUT2D eigenvalue weighted by Gasteiger charge is -2.11. The summed E-state index contributed by atoms with van der Waals surface area (Å²) >= 11 is 0. The lowest BCUT2D eigenvalue weighted by atomic mass is 10.2. The molecule has 8 nitrogen and oxygen atoms in total. The Morgan fingerprint density at radius 1 is 1.29 bits per heavy atom. The van der Waals surface area contributed by atoms with Crippen molar-refractivity contribution in [1.29, 1.82) is 0 Å². The first-order chi connectivity index (χ1) is 10.1. The first kappa shape index (κ1) is 16.3. The first-order valence-corrected chi connectivity index (χ1v) is 6.15. The summed E-state index contributed by atoms with van der Waals surface area (Å²) in [5, 5.41) is 7.20. The Balaban J connectivity index is 2.87. The Hall–Kier alpha value is -2.77. The average Bonchev–Trinajstić information content (AvgIpc) is 2.46. The molecule has 0 heterocycles. The minimum absolute atomic E-state index is 0.130. The van der Waals surface area contributed by atoms with Crippen LogP contribution in [0.4, 0.5) is 0 Å². The van der Waals surface area contributed by atoms with Crippen molar-refractivity contribution in [2.75, 3.05) is 20.3 Å². The molecular weight excluding hydrogens is 276 g/mol. The van der Waals surface area contributed by atoms with Crippen LogP contribution in [0.1, 0.15) is 12.5 Å². The number of esters is 1. The highest BCUT2D eigenvalue weighted by molar-refractivity contribution is 5.82. The molecule has 114 valence electrons. The molecule has 21 heavy (non-hydrogen) atoms. The molecule has 0 bridgehead atoms. The van der Waals surface area contributed by atoms with Gasteiger partial charge in [0.2, 0.25) is 5.96 Å². The molecule has 0 atom stereocenters. The molecule has 1 aromatic carbocycles. The predicted molar refractivity (Wildman–Crippen MR) is 78.5 cm³/mol. The van der Waals surface area contributed by atoms with Gasteiger partial charge < -0.3 is 25.7 Å². The van der Waals surface area contributed by atoms with Crippen LogP contribution in [0.15, 0.2) is 28.4 Å². The Bertz CT molecular complexity index is 539. The maximum Gasteiger partial charge on any atom is 0.343 e. The van der Waals surface area contributed by atoms with Crippen LogP contribution in [0.25, 0.3) is 0 Å². The van der Waals surface area contributed by atoms with E-state index in [4.69, 9.17) is 20.9 Å². The predicted octanol–water partition coefficient (Wildman–Crippen LogP) is 0.244. The summed E-state index contributed by atoms with van der Waals surface area (Å²) in [6.07, 6.45) is 1.46. The van der Waals surface area contributed by atoms with Gasteiger partial charge in [0.1, 0.15) is 0 Å². The summed E-state index contributed by atoms with van der Waals surface area (Å²) < 4.78 is 15.3. The second kappa shape index (κ2) is 8.41. The zero-order chi connectivity index (χ0) is 15.7. The summed E-state index contributed by atoms with van der Waals surface area (Å²) in [6.45, 7) is 2.09. The molecule has 0 saturated carbocycles. The van der Waals surface area contributed by atoms with Crippen molar-refractivity contribution in [3.8, 4) is 11.5 Å². The number of ether oxygens (including phenoxy) is 3. The number of nitrogens with zero attached hydrogens (tertiary/aromatic N) is 2. The van der Waals surface area contributed by atoms with E-state index >= 15 is 0 Å². The first-order valence-electron chi connectivity index (χ1n) is 6.15. The molecule has 1 aromatic rings. The van der Waals surface area contributed by atoms with Crippen LogP contribution >= 0.6 is 0 Å². The van der Waals surface area contributed by atoms with Gasteiger partial charge in [-0.3, -0.25) is 0 Å². The van der Waals surface area contributed by atoms with Gasteiger partial charge in [-0.1, -0.05) is 0 Å². The third kappa shape index (κ3) is 5.81. The van der Waals surface area contributed by atoms with E-state index in [1.165, 1.54) is 13.3 Å². The van der Waals surface area contributed by atoms with E-state index in [0.717, 1.165) is 0 Å². The second-order valence-corrected chi connectivity index (χ2v) is 3.77. The van der Waals surface area contributed by atoms with Crippen molar-refractivity contribution in [1.82, 2.24) is 0 Å². The van der Waals surface area contributed by atoms with Crippen molar-refractivity contribution < 1.29 is 19.0 Å². The van der Waals surface area contributed by atoms with Gasteiger partial charge in [0.25, 0.3) is 0 Å². The summed E-state index contributed by atoms with van der Waals surface area (Å²) in [7, 11) is 1.29. The molecule has 0 saturated heterocycles. The lowest BCUT2D eigenvalue weighted by molar-refractivity contribution is -0.142. The van der Waals surface area contributed by atoms with Gasteiger partial charge in [-0.2, -0.15) is 5.10 Å². The topological polar surface area (TPSA) is 122 Å². The Kier molecular flexibility index (Phi) is 6.52.